The third kappa shape index (κ3) is 4.26. The molecule has 1 saturated heterocycles. The fourth-order valence-corrected chi connectivity index (χ4v) is 3.51. The van der Waals surface area contributed by atoms with Gasteiger partial charge >= 0.3 is 0 Å². The minimum atomic E-state index is 0.0841. The molecule has 0 aliphatic carbocycles. The number of benzene rings is 2. The van der Waals surface area contributed by atoms with E-state index in [4.69, 9.17) is 5.10 Å². The van der Waals surface area contributed by atoms with Crippen LogP contribution in [-0.2, 0) is 11.3 Å². The lowest BCUT2D eigenvalue weighted by molar-refractivity contribution is -0.121. The Morgan fingerprint density at radius 2 is 1.85 bits per heavy atom. The van der Waals surface area contributed by atoms with Crippen LogP contribution < -0.4 is 10.6 Å². The number of carbonyl (C=O) groups excluding carboxylic acids is 1. The minimum absolute atomic E-state index is 0.0841. The average Bonchev–Trinajstić information content (AvgIpc) is 3.37. The molecule has 1 atom stereocenters. The lowest BCUT2D eigenvalue weighted by Crippen LogP contribution is -2.31. The van der Waals surface area contributed by atoms with E-state index in [-0.39, 0.29) is 5.91 Å². The van der Waals surface area contributed by atoms with Crippen LogP contribution >= 0.6 is 0 Å². The maximum atomic E-state index is 12.3. The normalized spacial score (nSPS) is 16.4. The van der Waals surface area contributed by atoms with E-state index in [0.29, 0.717) is 19.0 Å². The van der Waals surface area contributed by atoms with E-state index in [0.717, 1.165) is 41.9 Å². The summed E-state index contributed by atoms with van der Waals surface area (Å²) >= 11 is 0. The quantitative estimate of drug-likeness (QED) is 0.709. The molecule has 1 aromatic heterocycles. The van der Waals surface area contributed by atoms with E-state index in [2.05, 4.69) is 10.6 Å². The Labute approximate surface area is 159 Å². The summed E-state index contributed by atoms with van der Waals surface area (Å²) in [5.74, 6) is 0.0841. The zero-order chi connectivity index (χ0) is 18.5. The number of nitrogens with zero attached hydrogens (tertiary/aromatic N) is 2. The Morgan fingerprint density at radius 3 is 2.56 bits per heavy atom. The molecule has 0 saturated carbocycles. The Kier molecular flexibility index (Phi) is 5.30. The molecule has 0 radical (unpaired) electrons. The number of hydrogen-bond acceptors (Lipinski definition) is 3. The molecule has 0 spiro atoms. The molecule has 1 aliphatic rings. The van der Waals surface area contributed by atoms with Gasteiger partial charge in [-0.25, -0.2) is 4.68 Å². The van der Waals surface area contributed by atoms with Crippen molar-refractivity contribution in [1.82, 2.24) is 20.4 Å². The molecular weight excluding hydrogens is 336 g/mol. The van der Waals surface area contributed by atoms with E-state index in [1.165, 1.54) is 0 Å². The summed E-state index contributed by atoms with van der Waals surface area (Å²) in [6, 6.07) is 20.4. The molecule has 1 aliphatic heterocycles. The van der Waals surface area contributed by atoms with Crippen molar-refractivity contribution in [2.45, 2.75) is 31.8 Å². The first-order chi connectivity index (χ1) is 13.3. The summed E-state index contributed by atoms with van der Waals surface area (Å²) in [4.78, 5) is 12.3. The highest BCUT2D eigenvalue weighted by atomic mass is 16.1. The van der Waals surface area contributed by atoms with Gasteiger partial charge in [0.15, 0.2) is 0 Å². The molecule has 138 valence electrons. The second-order valence-corrected chi connectivity index (χ2v) is 6.92. The standard InChI is InChI=1S/C22H24N4O/c27-21(14-19-10-7-13-23-19)24-15-18-16-26(20-11-5-2-6-12-20)25-22(18)17-8-3-1-4-9-17/h1-6,8-9,11-12,16,19,23H,7,10,13-15H2,(H,24,27). The number of para-hydroxylation sites is 1. The topological polar surface area (TPSA) is 59.0 Å². The number of rotatable bonds is 6. The van der Waals surface area contributed by atoms with Gasteiger partial charge in [-0.05, 0) is 31.5 Å². The Balaban J connectivity index is 1.54. The second kappa shape index (κ2) is 8.18. The molecule has 4 rings (SSSR count). The lowest BCUT2D eigenvalue weighted by Gasteiger charge is -2.10. The molecule has 2 aromatic carbocycles. The maximum Gasteiger partial charge on any atom is 0.221 e. The SMILES string of the molecule is O=C(CC1CCCN1)NCc1cn(-c2ccccc2)nc1-c1ccccc1. The number of amides is 1. The van der Waals surface area contributed by atoms with Gasteiger partial charge in [0.1, 0.15) is 0 Å². The molecular formula is C22H24N4O. The largest absolute Gasteiger partial charge is 0.352 e. The van der Waals surface area contributed by atoms with E-state index in [9.17, 15) is 4.79 Å². The molecule has 1 unspecified atom stereocenters. The van der Waals surface area contributed by atoms with Gasteiger partial charge in [0.05, 0.1) is 11.4 Å². The van der Waals surface area contributed by atoms with E-state index in [1.54, 1.807) is 0 Å². The zero-order valence-corrected chi connectivity index (χ0v) is 15.3. The van der Waals surface area contributed by atoms with Crippen LogP contribution in [-0.4, -0.2) is 28.3 Å². The Morgan fingerprint density at radius 1 is 1.11 bits per heavy atom. The van der Waals surface area contributed by atoms with E-state index >= 15 is 0 Å². The summed E-state index contributed by atoms with van der Waals surface area (Å²) in [6.07, 6.45) is 4.77. The summed E-state index contributed by atoms with van der Waals surface area (Å²) in [5.41, 5.74) is 3.97. The highest BCUT2D eigenvalue weighted by Crippen LogP contribution is 2.23. The number of aromatic nitrogens is 2. The summed E-state index contributed by atoms with van der Waals surface area (Å²) in [7, 11) is 0. The van der Waals surface area contributed by atoms with Crippen LogP contribution in [0, 0.1) is 0 Å². The van der Waals surface area contributed by atoms with Crippen LogP contribution in [0.1, 0.15) is 24.8 Å². The number of hydrogen-bond donors (Lipinski definition) is 2. The van der Waals surface area contributed by atoms with E-state index < -0.39 is 0 Å². The van der Waals surface area contributed by atoms with Gasteiger partial charge in [-0.15, -0.1) is 0 Å². The molecule has 27 heavy (non-hydrogen) atoms. The average molecular weight is 360 g/mol. The number of nitrogens with one attached hydrogen (secondary N) is 2. The fraction of sp³-hybridized carbons (Fsp3) is 0.273. The minimum Gasteiger partial charge on any atom is -0.352 e. The van der Waals surface area contributed by atoms with Crippen molar-refractivity contribution in [2.24, 2.45) is 0 Å². The van der Waals surface area contributed by atoms with Gasteiger partial charge in [-0.3, -0.25) is 4.79 Å². The van der Waals surface area contributed by atoms with Crippen molar-refractivity contribution in [3.63, 3.8) is 0 Å². The predicted molar refractivity (Wildman–Crippen MR) is 106 cm³/mol. The molecule has 3 aromatic rings. The van der Waals surface area contributed by atoms with Gasteiger partial charge in [0.25, 0.3) is 0 Å². The van der Waals surface area contributed by atoms with Crippen LogP contribution in [0.15, 0.2) is 66.9 Å². The predicted octanol–water partition coefficient (Wildman–Crippen LogP) is 3.30. The van der Waals surface area contributed by atoms with Crippen LogP contribution in [0.4, 0.5) is 0 Å². The van der Waals surface area contributed by atoms with Gasteiger partial charge in [0, 0.05) is 36.3 Å². The van der Waals surface area contributed by atoms with Crippen molar-refractivity contribution in [2.75, 3.05) is 6.54 Å². The fourth-order valence-electron chi connectivity index (χ4n) is 3.51. The maximum absolute atomic E-state index is 12.3. The first-order valence-corrected chi connectivity index (χ1v) is 9.49. The van der Waals surface area contributed by atoms with Crippen molar-refractivity contribution in [3.8, 4) is 16.9 Å². The van der Waals surface area contributed by atoms with Gasteiger partial charge in [-0.2, -0.15) is 5.10 Å². The number of carbonyl (C=O) groups is 1. The Hall–Kier alpha value is -2.92. The molecule has 2 heterocycles. The molecule has 0 bridgehead atoms. The summed E-state index contributed by atoms with van der Waals surface area (Å²) < 4.78 is 1.88. The molecule has 5 heteroatoms. The Bertz CT molecular complexity index is 883. The highest BCUT2D eigenvalue weighted by Gasteiger charge is 2.18. The first kappa shape index (κ1) is 17.5. The molecule has 2 N–H and O–H groups in total. The van der Waals surface area contributed by atoms with Crippen molar-refractivity contribution < 1.29 is 4.79 Å². The van der Waals surface area contributed by atoms with Crippen LogP contribution in [0.5, 0.6) is 0 Å². The monoisotopic (exact) mass is 360 g/mol. The van der Waals surface area contributed by atoms with Crippen molar-refractivity contribution in [3.05, 3.63) is 72.4 Å². The third-order valence-electron chi connectivity index (χ3n) is 4.93. The van der Waals surface area contributed by atoms with Gasteiger partial charge < -0.3 is 10.6 Å². The molecule has 1 fully saturated rings. The van der Waals surface area contributed by atoms with E-state index in [1.807, 2.05) is 71.5 Å². The lowest BCUT2D eigenvalue weighted by atomic mass is 10.1. The van der Waals surface area contributed by atoms with Crippen LogP contribution in [0.25, 0.3) is 16.9 Å². The van der Waals surface area contributed by atoms with Crippen molar-refractivity contribution in [1.29, 1.82) is 0 Å². The highest BCUT2D eigenvalue weighted by molar-refractivity contribution is 5.77. The van der Waals surface area contributed by atoms with Crippen molar-refractivity contribution >= 4 is 5.91 Å². The summed E-state index contributed by atoms with van der Waals surface area (Å²) in [6.45, 7) is 1.49. The molecule has 5 nitrogen and oxygen atoms in total. The first-order valence-electron chi connectivity index (χ1n) is 9.49. The van der Waals surface area contributed by atoms with Gasteiger partial charge in [0.2, 0.25) is 5.91 Å². The zero-order valence-electron chi connectivity index (χ0n) is 15.3. The van der Waals surface area contributed by atoms with Crippen LogP contribution in [0.3, 0.4) is 0 Å². The van der Waals surface area contributed by atoms with Crippen LogP contribution in [0.2, 0.25) is 0 Å². The smallest absolute Gasteiger partial charge is 0.221 e. The summed E-state index contributed by atoms with van der Waals surface area (Å²) in [5, 5.41) is 11.2. The molecule has 1 amide bonds. The second-order valence-electron chi connectivity index (χ2n) is 6.92. The third-order valence-corrected chi connectivity index (χ3v) is 4.93. The van der Waals surface area contributed by atoms with Gasteiger partial charge in [-0.1, -0.05) is 48.5 Å².